The van der Waals surface area contributed by atoms with Gasteiger partial charge >= 0.3 is 5.97 Å². The number of benzene rings is 2. The molecule has 0 unspecified atom stereocenters. The molecule has 45 heavy (non-hydrogen) atoms. The number of hydrogen-bond donors (Lipinski definition) is 2. The van der Waals surface area contributed by atoms with Crippen LogP contribution in [0, 0.1) is 5.92 Å². The highest BCUT2D eigenvalue weighted by Gasteiger charge is 2.43. The third-order valence-corrected chi connectivity index (χ3v) is 7.07. The summed E-state index contributed by atoms with van der Waals surface area (Å²) in [5, 5.41) is 22.7. The summed E-state index contributed by atoms with van der Waals surface area (Å²) in [6.07, 6.45) is 3.53. The van der Waals surface area contributed by atoms with Crippen LogP contribution >= 0.6 is 0 Å². The van der Waals surface area contributed by atoms with E-state index in [1.165, 1.54) is 14.0 Å². The number of methoxy groups -OCH3 is 3. The van der Waals surface area contributed by atoms with Crippen molar-refractivity contribution < 1.29 is 28.6 Å². The van der Waals surface area contributed by atoms with Crippen LogP contribution in [0.2, 0.25) is 0 Å². The van der Waals surface area contributed by atoms with Crippen molar-refractivity contribution in [3.05, 3.63) is 72.3 Å². The molecule has 0 fully saturated rings. The van der Waals surface area contributed by atoms with Crippen molar-refractivity contribution in [1.29, 1.82) is 0 Å². The van der Waals surface area contributed by atoms with Crippen LogP contribution in [0.5, 0.6) is 11.5 Å². The second-order valence-electron chi connectivity index (χ2n) is 11.0. The third kappa shape index (κ3) is 8.22. The number of hydrogen-bond acceptors (Lipinski definition) is 10. The Labute approximate surface area is 261 Å². The molecule has 4 rings (SSSR count). The van der Waals surface area contributed by atoms with E-state index in [1.807, 2.05) is 38.1 Å². The van der Waals surface area contributed by atoms with Gasteiger partial charge in [0.1, 0.15) is 23.1 Å². The minimum absolute atomic E-state index is 0.0679. The SMILES string of the molecule is COC(=O)[C@@H](CC(C)C)NC(=O)C(Cc1cn(-c2ccc(OC)cc2)nn1)(Cc1cn(-c2ccc(OC)cc2)nn1)NC(C)=O. The lowest BCUT2D eigenvalue weighted by Gasteiger charge is -2.33. The predicted octanol–water partition coefficient (Wildman–Crippen LogP) is 2.23. The Morgan fingerprint density at radius 1 is 0.800 bits per heavy atom. The van der Waals surface area contributed by atoms with E-state index in [9.17, 15) is 14.4 Å². The Bertz CT molecular complexity index is 1510. The first-order valence-electron chi connectivity index (χ1n) is 14.3. The molecule has 0 aliphatic carbocycles. The first kappa shape index (κ1) is 32.6. The molecule has 2 aromatic carbocycles. The van der Waals surface area contributed by atoms with Gasteiger partial charge in [-0.3, -0.25) is 9.59 Å². The van der Waals surface area contributed by atoms with E-state index >= 15 is 0 Å². The largest absolute Gasteiger partial charge is 0.497 e. The van der Waals surface area contributed by atoms with Crippen LogP contribution < -0.4 is 20.1 Å². The molecule has 4 aromatic rings. The van der Waals surface area contributed by atoms with E-state index in [-0.39, 0.29) is 18.8 Å². The molecule has 0 radical (unpaired) electrons. The highest BCUT2D eigenvalue weighted by atomic mass is 16.5. The molecular weight excluding hydrogens is 580 g/mol. The number of carbonyl (C=O) groups is 3. The van der Waals surface area contributed by atoms with Gasteiger partial charge in [-0.15, -0.1) is 10.2 Å². The Morgan fingerprint density at radius 2 is 1.27 bits per heavy atom. The number of rotatable bonds is 14. The molecule has 0 spiro atoms. The van der Waals surface area contributed by atoms with Crippen LogP contribution in [-0.4, -0.2) is 80.7 Å². The van der Waals surface area contributed by atoms with Crippen LogP contribution in [0.1, 0.15) is 38.6 Å². The summed E-state index contributed by atoms with van der Waals surface area (Å²) in [6, 6.07) is 13.5. The minimum Gasteiger partial charge on any atom is -0.497 e. The van der Waals surface area contributed by atoms with Gasteiger partial charge < -0.3 is 24.8 Å². The number of amides is 2. The molecule has 14 nitrogen and oxygen atoms in total. The minimum atomic E-state index is -1.63. The zero-order valence-electron chi connectivity index (χ0n) is 26.2. The van der Waals surface area contributed by atoms with Crippen LogP contribution in [0.3, 0.4) is 0 Å². The zero-order chi connectivity index (χ0) is 32.6. The summed E-state index contributed by atoms with van der Waals surface area (Å²) in [6.45, 7) is 5.17. The fraction of sp³-hybridized carbons (Fsp3) is 0.387. The van der Waals surface area contributed by atoms with Crippen molar-refractivity contribution >= 4 is 17.8 Å². The number of nitrogens with one attached hydrogen (secondary N) is 2. The van der Waals surface area contributed by atoms with E-state index in [1.54, 1.807) is 60.2 Å². The Kier molecular flexibility index (Phi) is 10.5. The third-order valence-electron chi connectivity index (χ3n) is 7.07. The number of esters is 1. The smallest absolute Gasteiger partial charge is 0.328 e. The summed E-state index contributed by atoms with van der Waals surface area (Å²) in [5.41, 5.74) is 0.631. The molecular formula is C31H38N8O6. The molecule has 2 heterocycles. The average Bonchev–Trinajstić information content (AvgIpc) is 3.69. The molecule has 2 N–H and O–H groups in total. The fourth-order valence-electron chi connectivity index (χ4n) is 4.93. The lowest BCUT2D eigenvalue weighted by atomic mass is 9.86. The van der Waals surface area contributed by atoms with Gasteiger partial charge in [0.15, 0.2) is 0 Å². The quantitative estimate of drug-likeness (QED) is 0.200. The van der Waals surface area contributed by atoms with Crippen molar-refractivity contribution in [2.75, 3.05) is 21.3 Å². The maximum atomic E-state index is 14.2. The van der Waals surface area contributed by atoms with Gasteiger partial charge in [0.25, 0.3) is 0 Å². The number of ether oxygens (including phenoxy) is 3. The van der Waals surface area contributed by atoms with Gasteiger partial charge in [-0.1, -0.05) is 24.3 Å². The number of carbonyl (C=O) groups excluding carboxylic acids is 3. The molecule has 14 heteroatoms. The molecule has 0 saturated carbocycles. The summed E-state index contributed by atoms with van der Waals surface area (Å²) >= 11 is 0. The molecule has 0 aliphatic rings. The van der Waals surface area contributed by atoms with Crippen molar-refractivity contribution in [1.82, 2.24) is 40.6 Å². The monoisotopic (exact) mass is 618 g/mol. The topological polar surface area (TPSA) is 164 Å². The molecule has 0 saturated heterocycles. The lowest BCUT2D eigenvalue weighted by molar-refractivity contribution is -0.146. The highest BCUT2D eigenvalue weighted by Crippen LogP contribution is 2.22. The van der Waals surface area contributed by atoms with Gasteiger partial charge in [-0.05, 0) is 60.9 Å². The lowest BCUT2D eigenvalue weighted by Crippen LogP contribution is -2.63. The number of aromatic nitrogens is 6. The average molecular weight is 619 g/mol. The van der Waals surface area contributed by atoms with E-state index in [0.29, 0.717) is 40.7 Å². The van der Waals surface area contributed by atoms with Gasteiger partial charge in [0.2, 0.25) is 11.8 Å². The second kappa shape index (κ2) is 14.5. The first-order valence-corrected chi connectivity index (χ1v) is 14.3. The van der Waals surface area contributed by atoms with Gasteiger partial charge in [-0.25, -0.2) is 14.2 Å². The van der Waals surface area contributed by atoms with Gasteiger partial charge in [0, 0.05) is 19.8 Å². The van der Waals surface area contributed by atoms with Crippen molar-refractivity contribution in [3.8, 4) is 22.9 Å². The summed E-state index contributed by atoms with van der Waals surface area (Å²) in [7, 11) is 4.42. The normalized spacial score (nSPS) is 12.0. The standard InChI is InChI=1S/C31H38N8O6/c1-20(2)15-28(29(41)45-6)32-30(42)31(33-21(3)40,16-22-18-38(36-34-22)24-7-11-26(43-4)12-8-24)17-23-19-39(37-35-23)25-9-13-27(44-5)14-10-25/h7-14,18-20,28H,15-17H2,1-6H3,(H,32,42)(H,33,40)/t28-/m1/s1. The van der Waals surface area contributed by atoms with Gasteiger partial charge in [0.05, 0.1) is 56.5 Å². The molecule has 2 amide bonds. The molecule has 1 atom stereocenters. The maximum Gasteiger partial charge on any atom is 0.328 e. The second-order valence-corrected chi connectivity index (χ2v) is 11.0. The Hall–Kier alpha value is -5.27. The van der Waals surface area contributed by atoms with E-state index in [0.717, 1.165) is 0 Å². The van der Waals surface area contributed by atoms with Crippen molar-refractivity contribution in [3.63, 3.8) is 0 Å². The predicted molar refractivity (Wildman–Crippen MR) is 163 cm³/mol. The van der Waals surface area contributed by atoms with Gasteiger partial charge in [-0.2, -0.15) is 0 Å². The fourth-order valence-corrected chi connectivity index (χ4v) is 4.93. The van der Waals surface area contributed by atoms with Crippen LogP contribution in [0.4, 0.5) is 0 Å². The van der Waals surface area contributed by atoms with E-state index < -0.39 is 29.4 Å². The zero-order valence-corrected chi connectivity index (χ0v) is 26.2. The summed E-state index contributed by atoms with van der Waals surface area (Å²) in [4.78, 5) is 39.6. The molecule has 2 aromatic heterocycles. The molecule has 0 aliphatic heterocycles. The highest BCUT2D eigenvalue weighted by molar-refractivity contribution is 5.94. The maximum absolute atomic E-state index is 14.2. The van der Waals surface area contributed by atoms with Crippen LogP contribution in [0.25, 0.3) is 11.4 Å². The van der Waals surface area contributed by atoms with Crippen LogP contribution in [-0.2, 0) is 32.0 Å². The Morgan fingerprint density at radius 3 is 1.64 bits per heavy atom. The molecule has 238 valence electrons. The molecule has 0 bridgehead atoms. The van der Waals surface area contributed by atoms with E-state index in [4.69, 9.17) is 14.2 Å². The van der Waals surface area contributed by atoms with Crippen molar-refractivity contribution in [2.45, 2.75) is 51.6 Å². The summed E-state index contributed by atoms with van der Waals surface area (Å²) < 4.78 is 18.6. The number of nitrogens with zero attached hydrogens (tertiary/aromatic N) is 6. The van der Waals surface area contributed by atoms with Crippen LogP contribution in [0.15, 0.2) is 60.9 Å². The Balaban J connectivity index is 1.72. The van der Waals surface area contributed by atoms with E-state index in [2.05, 4.69) is 31.3 Å². The van der Waals surface area contributed by atoms with Crippen molar-refractivity contribution in [2.24, 2.45) is 5.92 Å². The summed E-state index contributed by atoms with van der Waals surface area (Å²) in [5.74, 6) is -0.224. The first-order chi connectivity index (χ1) is 21.5.